The number of halogens is 4. The first kappa shape index (κ1) is 22.9. The van der Waals surface area contributed by atoms with Crippen molar-refractivity contribution in [2.45, 2.75) is 48.4 Å². The van der Waals surface area contributed by atoms with Crippen molar-refractivity contribution in [3.05, 3.63) is 53.9 Å². The molecule has 2 aromatic rings. The fraction of sp³-hybridized carbons (Fsp3) is 0.368. The first-order valence-corrected chi connectivity index (χ1v) is 10.2. The molecule has 0 saturated carbocycles. The van der Waals surface area contributed by atoms with Gasteiger partial charge in [-0.1, -0.05) is 13.0 Å². The Labute approximate surface area is 179 Å². The van der Waals surface area contributed by atoms with Gasteiger partial charge in [0.05, 0.1) is 23.4 Å². The molecule has 31 heavy (non-hydrogen) atoms. The number of carbonyl (C=O) groups excluding carboxylic acids is 2. The van der Waals surface area contributed by atoms with Gasteiger partial charge >= 0.3 is 5.51 Å². The van der Waals surface area contributed by atoms with E-state index in [1.807, 2.05) is 0 Å². The molecule has 3 N–H and O–H groups in total. The number of nitrogens with zero attached hydrogens (tertiary/aromatic N) is 2. The van der Waals surface area contributed by atoms with E-state index in [1.165, 1.54) is 18.5 Å². The molecule has 2 amide bonds. The maximum absolute atomic E-state index is 14.1. The van der Waals surface area contributed by atoms with Gasteiger partial charge in [0, 0.05) is 12.4 Å². The highest BCUT2D eigenvalue weighted by molar-refractivity contribution is 8.00. The summed E-state index contributed by atoms with van der Waals surface area (Å²) in [4.78, 5) is 32.4. The Morgan fingerprint density at radius 2 is 2.03 bits per heavy atom. The molecule has 0 bridgehead atoms. The molecular weight excluding hydrogens is 438 g/mol. The quantitative estimate of drug-likeness (QED) is 0.456. The van der Waals surface area contributed by atoms with E-state index in [-0.39, 0.29) is 12.3 Å². The van der Waals surface area contributed by atoms with Crippen LogP contribution in [-0.4, -0.2) is 33.3 Å². The highest BCUT2D eigenvalue weighted by Crippen LogP contribution is 2.38. The van der Waals surface area contributed by atoms with Gasteiger partial charge in [-0.05, 0) is 41.9 Å². The van der Waals surface area contributed by atoms with Crippen LogP contribution in [0.15, 0.2) is 41.6 Å². The number of hydrogen-bond donors (Lipinski definition) is 3. The number of thioether (sulfide) groups is 1. The standard InChI is InChI=1S/C19H19F4N5O2S/c1-2-12(10-4-5-14(11(20)8-10)31-19(21,22)23)27-18(30)13-9-15(29)28-17(26-13)16-24-6-3-7-25-16/h3-8,12-13,17,26H,2,9H2,1H3,(H,27,30)(H,28,29)/t12-,13?,17?/m1/s1. The van der Waals surface area contributed by atoms with Gasteiger partial charge in [-0.15, -0.1) is 0 Å². The van der Waals surface area contributed by atoms with Gasteiger partial charge in [0.2, 0.25) is 11.8 Å². The number of hydrogen-bond acceptors (Lipinski definition) is 6. The Morgan fingerprint density at radius 1 is 1.32 bits per heavy atom. The zero-order valence-electron chi connectivity index (χ0n) is 16.2. The second-order valence-electron chi connectivity index (χ2n) is 6.74. The molecule has 12 heteroatoms. The summed E-state index contributed by atoms with van der Waals surface area (Å²) in [7, 11) is 0. The van der Waals surface area contributed by atoms with Crippen LogP contribution in [0.3, 0.4) is 0 Å². The van der Waals surface area contributed by atoms with Crippen LogP contribution >= 0.6 is 11.8 Å². The van der Waals surface area contributed by atoms with E-state index >= 15 is 0 Å². The van der Waals surface area contributed by atoms with Crippen molar-refractivity contribution in [3.63, 3.8) is 0 Å². The Morgan fingerprint density at radius 3 is 2.65 bits per heavy atom. The molecule has 0 spiro atoms. The normalized spacial score (nSPS) is 20.1. The Hall–Kier alpha value is -2.73. The van der Waals surface area contributed by atoms with E-state index < -0.39 is 52.1 Å². The lowest BCUT2D eigenvalue weighted by Gasteiger charge is -2.31. The smallest absolute Gasteiger partial charge is 0.348 e. The highest BCUT2D eigenvalue weighted by Gasteiger charge is 2.34. The first-order chi connectivity index (χ1) is 14.7. The van der Waals surface area contributed by atoms with Crippen LogP contribution in [0.2, 0.25) is 0 Å². The minimum absolute atomic E-state index is 0.124. The van der Waals surface area contributed by atoms with Gasteiger partial charge in [-0.2, -0.15) is 13.2 Å². The largest absolute Gasteiger partial charge is 0.446 e. The molecule has 3 rings (SSSR count). The summed E-state index contributed by atoms with van der Waals surface area (Å²) < 4.78 is 51.7. The molecule has 0 aliphatic carbocycles. The van der Waals surface area contributed by atoms with Crippen LogP contribution in [0.1, 0.15) is 43.4 Å². The van der Waals surface area contributed by atoms with E-state index in [0.717, 1.165) is 12.1 Å². The zero-order valence-corrected chi connectivity index (χ0v) is 17.1. The van der Waals surface area contributed by atoms with E-state index in [0.29, 0.717) is 17.8 Å². The van der Waals surface area contributed by atoms with Gasteiger partial charge in [0.1, 0.15) is 12.0 Å². The molecular formula is C19H19F4N5O2S. The molecule has 2 unspecified atom stereocenters. The molecule has 166 valence electrons. The van der Waals surface area contributed by atoms with Crippen LogP contribution in [0.4, 0.5) is 17.6 Å². The third kappa shape index (κ3) is 6.14. The van der Waals surface area contributed by atoms with E-state index in [4.69, 9.17) is 0 Å². The van der Waals surface area contributed by atoms with Crippen LogP contribution in [0.5, 0.6) is 0 Å². The van der Waals surface area contributed by atoms with Crippen LogP contribution < -0.4 is 16.0 Å². The Kier molecular flexibility index (Phi) is 7.11. The van der Waals surface area contributed by atoms with E-state index in [1.54, 1.807) is 13.0 Å². The molecule has 7 nitrogen and oxygen atoms in total. The average Bonchev–Trinajstić information content (AvgIpc) is 2.72. The summed E-state index contributed by atoms with van der Waals surface area (Å²) in [5.74, 6) is -1.61. The highest BCUT2D eigenvalue weighted by atomic mass is 32.2. The van der Waals surface area contributed by atoms with Gasteiger partial charge in [-0.25, -0.2) is 14.4 Å². The number of alkyl halides is 3. The van der Waals surface area contributed by atoms with Gasteiger partial charge in [-0.3, -0.25) is 14.9 Å². The minimum atomic E-state index is -4.60. The van der Waals surface area contributed by atoms with Crippen molar-refractivity contribution in [2.24, 2.45) is 0 Å². The number of nitrogens with one attached hydrogen (secondary N) is 3. The Balaban J connectivity index is 1.70. The maximum atomic E-state index is 14.1. The second-order valence-corrected chi connectivity index (χ2v) is 7.84. The van der Waals surface area contributed by atoms with Crippen molar-refractivity contribution in [1.82, 2.24) is 25.9 Å². The summed E-state index contributed by atoms with van der Waals surface area (Å²) in [6.45, 7) is 1.74. The minimum Gasteiger partial charge on any atom is -0.348 e. The lowest BCUT2D eigenvalue weighted by atomic mass is 10.0. The van der Waals surface area contributed by atoms with Gasteiger partial charge in [0.25, 0.3) is 0 Å². The first-order valence-electron chi connectivity index (χ1n) is 9.34. The molecule has 1 saturated heterocycles. The van der Waals surface area contributed by atoms with Crippen molar-refractivity contribution in [1.29, 1.82) is 0 Å². The molecule has 1 aliphatic heterocycles. The SMILES string of the molecule is CC[C@@H](NC(=O)C1CC(=O)NC(c2ncccn2)N1)c1ccc(SC(F)(F)F)c(F)c1. The van der Waals surface area contributed by atoms with Crippen LogP contribution in [-0.2, 0) is 9.59 Å². The zero-order chi connectivity index (χ0) is 22.6. The predicted molar refractivity (Wildman–Crippen MR) is 104 cm³/mol. The number of benzene rings is 1. The molecule has 1 aromatic heterocycles. The molecule has 2 heterocycles. The van der Waals surface area contributed by atoms with E-state index in [9.17, 15) is 27.2 Å². The second kappa shape index (κ2) is 9.60. The molecule has 0 radical (unpaired) electrons. The molecule has 1 aromatic carbocycles. The van der Waals surface area contributed by atoms with Crippen LogP contribution in [0, 0.1) is 5.82 Å². The molecule has 1 aliphatic rings. The fourth-order valence-corrected chi connectivity index (χ4v) is 3.65. The average molecular weight is 457 g/mol. The predicted octanol–water partition coefficient (Wildman–Crippen LogP) is 2.97. The number of amides is 2. The topological polar surface area (TPSA) is 96.0 Å². The monoisotopic (exact) mass is 457 g/mol. The van der Waals surface area contributed by atoms with Crippen molar-refractivity contribution < 1.29 is 27.2 Å². The van der Waals surface area contributed by atoms with Crippen molar-refractivity contribution >= 4 is 23.6 Å². The summed E-state index contributed by atoms with van der Waals surface area (Å²) in [6, 6.07) is 3.43. The third-order valence-corrected chi connectivity index (χ3v) is 5.31. The van der Waals surface area contributed by atoms with Gasteiger partial charge < -0.3 is 10.6 Å². The van der Waals surface area contributed by atoms with Gasteiger partial charge in [0.15, 0.2) is 5.82 Å². The van der Waals surface area contributed by atoms with E-state index in [2.05, 4.69) is 25.9 Å². The summed E-state index contributed by atoms with van der Waals surface area (Å²) in [5.41, 5.74) is -4.28. The van der Waals surface area contributed by atoms with Crippen molar-refractivity contribution in [2.75, 3.05) is 0 Å². The third-order valence-electron chi connectivity index (χ3n) is 4.53. The molecule has 1 fully saturated rings. The summed E-state index contributed by atoms with van der Waals surface area (Å²) in [6.07, 6.45) is 2.49. The number of rotatable bonds is 6. The number of aromatic nitrogens is 2. The molecule has 3 atom stereocenters. The summed E-state index contributed by atoms with van der Waals surface area (Å²) in [5, 5.41) is 8.33. The van der Waals surface area contributed by atoms with Crippen molar-refractivity contribution in [3.8, 4) is 0 Å². The fourth-order valence-electron chi connectivity index (χ4n) is 3.11. The lowest BCUT2D eigenvalue weighted by molar-refractivity contribution is -0.132. The lowest BCUT2D eigenvalue weighted by Crippen LogP contribution is -2.57. The summed E-state index contributed by atoms with van der Waals surface area (Å²) >= 11 is -0.538. The van der Waals surface area contributed by atoms with Crippen LogP contribution in [0.25, 0.3) is 0 Å². The Bertz CT molecular complexity index is 945. The maximum Gasteiger partial charge on any atom is 0.446 e. The number of carbonyl (C=O) groups is 2.